The Morgan fingerprint density at radius 3 is 2.85 bits per heavy atom. The van der Waals surface area contributed by atoms with Gasteiger partial charge in [0.25, 0.3) is 0 Å². The van der Waals surface area contributed by atoms with Gasteiger partial charge in [0.15, 0.2) is 5.65 Å². The zero-order chi connectivity index (χ0) is 13.8. The van der Waals surface area contributed by atoms with Crippen molar-refractivity contribution in [3.05, 3.63) is 54.5 Å². The highest BCUT2D eigenvalue weighted by Gasteiger charge is 2.05. The second kappa shape index (κ2) is 5.52. The number of ether oxygens (including phenoxy) is 1. The van der Waals surface area contributed by atoms with Crippen molar-refractivity contribution in [3.8, 4) is 5.75 Å². The summed E-state index contributed by atoms with van der Waals surface area (Å²) in [5.74, 6) is 1.63. The van der Waals surface area contributed by atoms with E-state index >= 15 is 0 Å². The summed E-state index contributed by atoms with van der Waals surface area (Å²) < 4.78 is 5.34. The summed E-state index contributed by atoms with van der Waals surface area (Å²) in [6.45, 7) is 0.630. The van der Waals surface area contributed by atoms with Gasteiger partial charge >= 0.3 is 0 Å². The number of aromatic nitrogens is 3. The molecule has 0 aliphatic rings. The molecule has 3 aromatic rings. The molecular formula is C15H14N4O. The Morgan fingerprint density at radius 1 is 1.05 bits per heavy atom. The molecule has 20 heavy (non-hydrogen) atoms. The number of hydrogen-bond donors (Lipinski definition) is 1. The van der Waals surface area contributed by atoms with Crippen molar-refractivity contribution in [1.82, 2.24) is 15.0 Å². The van der Waals surface area contributed by atoms with E-state index in [1.54, 1.807) is 13.3 Å². The van der Waals surface area contributed by atoms with Crippen molar-refractivity contribution in [2.75, 3.05) is 12.4 Å². The van der Waals surface area contributed by atoms with Crippen molar-refractivity contribution in [2.45, 2.75) is 6.54 Å². The van der Waals surface area contributed by atoms with Crippen LogP contribution in [-0.4, -0.2) is 22.1 Å². The third-order valence-corrected chi connectivity index (χ3v) is 3.05. The molecule has 5 heteroatoms. The maximum atomic E-state index is 5.34. The van der Waals surface area contributed by atoms with Crippen LogP contribution in [0.5, 0.6) is 5.75 Å². The Morgan fingerprint density at radius 2 is 1.95 bits per heavy atom. The van der Waals surface area contributed by atoms with Crippen LogP contribution in [0.1, 0.15) is 5.56 Å². The summed E-state index contributed by atoms with van der Waals surface area (Å²) in [5, 5.41) is 4.21. The molecule has 5 nitrogen and oxygen atoms in total. The van der Waals surface area contributed by atoms with Gasteiger partial charge < -0.3 is 10.1 Å². The summed E-state index contributed by atoms with van der Waals surface area (Å²) in [5.41, 5.74) is 1.76. The van der Waals surface area contributed by atoms with Gasteiger partial charge in [0, 0.05) is 18.3 Å². The second-order valence-electron chi connectivity index (χ2n) is 4.26. The van der Waals surface area contributed by atoms with Crippen LogP contribution in [0.2, 0.25) is 0 Å². The highest BCUT2D eigenvalue weighted by molar-refractivity contribution is 5.85. The van der Waals surface area contributed by atoms with Gasteiger partial charge in [-0.05, 0) is 18.2 Å². The summed E-state index contributed by atoms with van der Waals surface area (Å²) in [4.78, 5) is 12.6. The first-order valence-electron chi connectivity index (χ1n) is 6.30. The summed E-state index contributed by atoms with van der Waals surface area (Å²) in [7, 11) is 1.67. The molecule has 0 saturated carbocycles. The predicted octanol–water partition coefficient (Wildman–Crippen LogP) is 2.65. The summed E-state index contributed by atoms with van der Waals surface area (Å²) >= 11 is 0. The first kappa shape index (κ1) is 12.3. The lowest BCUT2D eigenvalue weighted by Gasteiger charge is -2.10. The largest absolute Gasteiger partial charge is 0.496 e. The van der Waals surface area contributed by atoms with E-state index in [0.717, 1.165) is 22.5 Å². The number of nitrogens with one attached hydrogen (secondary N) is 1. The Kier molecular flexibility index (Phi) is 3.41. The monoisotopic (exact) mass is 266 g/mol. The molecule has 0 aliphatic heterocycles. The zero-order valence-electron chi connectivity index (χ0n) is 11.1. The average Bonchev–Trinajstić information content (AvgIpc) is 2.53. The fraction of sp³-hybridized carbons (Fsp3) is 0.133. The van der Waals surface area contributed by atoms with Crippen molar-refractivity contribution >= 4 is 16.9 Å². The highest BCUT2D eigenvalue weighted by Crippen LogP contribution is 2.21. The zero-order valence-corrected chi connectivity index (χ0v) is 11.1. The second-order valence-corrected chi connectivity index (χ2v) is 4.26. The Bertz CT molecular complexity index is 724. The molecule has 0 radical (unpaired) electrons. The highest BCUT2D eigenvalue weighted by atomic mass is 16.5. The van der Waals surface area contributed by atoms with Gasteiger partial charge in [-0.3, -0.25) is 0 Å². The lowest BCUT2D eigenvalue weighted by Crippen LogP contribution is -2.04. The van der Waals surface area contributed by atoms with E-state index in [1.165, 1.54) is 6.33 Å². The first-order valence-corrected chi connectivity index (χ1v) is 6.30. The lowest BCUT2D eigenvalue weighted by molar-refractivity contribution is 0.410. The van der Waals surface area contributed by atoms with E-state index in [1.807, 2.05) is 36.4 Å². The van der Waals surface area contributed by atoms with Gasteiger partial charge in [-0.15, -0.1) is 0 Å². The molecule has 1 N–H and O–H groups in total. The molecule has 2 heterocycles. The minimum absolute atomic E-state index is 0.630. The van der Waals surface area contributed by atoms with E-state index in [2.05, 4.69) is 20.3 Å². The topological polar surface area (TPSA) is 59.9 Å². The van der Waals surface area contributed by atoms with Crippen LogP contribution in [0.25, 0.3) is 11.0 Å². The number of anilines is 1. The van der Waals surface area contributed by atoms with E-state index < -0.39 is 0 Å². The number of nitrogens with zero attached hydrogens (tertiary/aromatic N) is 3. The summed E-state index contributed by atoms with van der Waals surface area (Å²) in [6.07, 6.45) is 3.24. The average molecular weight is 266 g/mol. The molecule has 0 bridgehead atoms. The molecule has 0 spiro atoms. The van der Waals surface area contributed by atoms with E-state index in [4.69, 9.17) is 4.74 Å². The lowest BCUT2D eigenvalue weighted by atomic mass is 10.2. The van der Waals surface area contributed by atoms with Crippen LogP contribution in [0.15, 0.2) is 48.9 Å². The smallest absolute Gasteiger partial charge is 0.164 e. The normalized spacial score (nSPS) is 10.4. The molecule has 2 aromatic heterocycles. The molecule has 0 saturated heterocycles. The van der Waals surface area contributed by atoms with Crippen LogP contribution < -0.4 is 10.1 Å². The molecule has 1 aromatic carbocycles. The molecule has 0 aliphatic carbocycles. The molecule has 0 atom stereocenters. The maximum absolute atomic E-state index is 5.34. The van der Waals surface area contributed by atoms with E-state index in [0.29, 0.717) is 12.2 Å². The number of para-hydroxylation sites is 1. The number of rotatable bonds is 4. The fourth-order valence-electron chi connectivity index (χ4n) is 2.06. The van der Waals surface area contributed by atoms with Gasteiger partial charge in [0.2, 0.25) is 0 Å². The molecule has 0 unspecified atom stereocenters. The SMILES string of the molecule is COc1ccccc1CNc1ncnc2ncccc12. The maximum Gasteiger partial charge on any atom is 0.164 e. The minimum Gasteiger partial charge on any atom is -0.496 e. The molecular weight excluding hydrogens is 252 g/mol. The van der Waals surface area contributed by atoms with E-state index in [-0.39, 0.29) is 0 Å². The number of methoxy groups -OCH3 is 1. The van der Waals surface area contributed by atoms with Crippen molar-refractivity contribution < 1.29 is 4.74 Å². The van der Waals surface area contributed by atoms with Crippen LogP contribution in [0.3, 0.4) is 0 Å². The van der Waals surface area contributed by atoms with Gasteiger partial charge in [-0.2, -0.15) is 0 Å². The van der Waals surface area contributed by atoms with Crippen molar-refractivity contribution in [2.24, 2.45) is 0 Å². The van der Waals surface area contributed by atoms with Crippen LogP contribution in [0, 0.1) is 0 Å². The Hall–Kier alpha value is -2.69. The van der Waals surface area contributed by atoms with Crippen LogP contribution in [0.4, 0.5) is 5.82 Å². The van der Waals surface area contributed by atoms with Gasteiger partial charge in [-0.1, -0.05) is 18.2 Å². The van der Waals surface area contributed by atoms with Gasteiger partial charge in [-0.25, -0.2) is 15.0 Å². The fourth-order valence-corrected chi connectivity index (χ4v) is 2.06. The molecule has 0 fully saturated rings. The molecule has 100 valence electrons. The first-order chi connectivity index (χ1) is 9.88. The minimum atomic E-state index is 0.630. The van der Waals surface area contributed by atoms with Gasteiger partial charge in [0.05, 0.1) is 12.5 Å². The van der Waals surface area contributed by atoms with Crippen LogP contribution in [-0.2, 0) is 6.54 Å². The number of fused-ring (bicyclic) bond motifs is 1. The third-order valence-electron chi connectivity index (χ3n) is 3.05. The van der Waals surface area contributed by atoms with Crippen LogP contribution >= 0.6 is 0 Å². The standard InChI is InChI=1S/C15H14N4O/c1-20-13-7-3-2-5-11(13)9-17-15-12-6-4-8-16-14(12)18-10-19-15/h2-8,10H,9H2,1H3,(H,16,17,18,19). The van der Waals surface area contributed by atoms with Gasteiger partial charge in [0.1, 0.15) is 17.9 Å². The summed E-state index contributed by atoms with van der Waals surface area (Å²) in [6, 6.07) is 11.7. The third kappa shape index (κ3) is 2.38. The van der Waals surface area contributed by atoms with Crippen molar-refractivity contribution in [3.63, 3.8) is 0 Å². The predicted molar refractivity (Wildman–Crippen MR) is 77.7 cm³/mol. The van der Waals surface area contributed by atoms with Crippen molar-refractivity contribution in [1.29, 1.82) is 0 Å². The number of hydrogen-bond acceptors (Lipinski definition) is 5. The molecule has 0 amide bonds. The van der Waals surface area contributed by atoms with E-state index in [9.17, 15) is 0 Å². The number of benzene rings is 1. The Labute approximate surface area is 116 Å². The molecule has 3 rings (SSSR count). The quantitative estimate of drug-likeness (QED) is 0.786. The number of pyridine rings is 1. The Balaban J connectivity index is 1.87.